The summed E-state index contributed by atoms with van der Waals surface area (Å²) < 4.78 is 0. The van der Waals surface area contributed by atoms with Crippen molar-refractivity contribution in [2.45, 2.75) is 105 Å². The average molecular weight is 739 g/mol. The van der Waals surface area contributed by atoms with Crippen LogP contribution in [0.4, 0.5) is 0 Å². The van der Waals surface area contributed by atoms with Gasteiger partial charge in [0.2, 0.25) is 17.7 Å². The number of nitrogens with zero attached hydrogens (tertiary/aromatic N) is 2. The molecule has 3 atom stereocenters. The van der Waals surface area contributed by atoms with Crippen LogP contribution in [-0.2, 0) is 19.2 Å². The fraction of sp³-hybridized carbons (Fsp3) is 0.611. The van der Waals surface area contributed by atoms with Crippen LogP contribution in [0.2, 0.25) is 0 Å². The molecule has 0 aromatic rings. The maximum absolute atomic E-state index is 12.7. The van der Waals surface area contributed by atoms with Gasteiger partial charge in [0.15, 0.2) is 5.96 Å². The summed E-state index contributed by atoms with van der Waals surface area (Å²) >= 11 is 4.70. The van der Waals surface area contributed by atoms with Gasteiger partial charge in [0.1, 0.15) is 11.8 Å². The summed E-state index contributed by atoms with van der Waals surface area (Å²) in [5.41, 5.74) is 20.0. The Labute approximate surface area is 313 Å². The number of ketones is 1. The van der Waals surface area contributed by atoms with Crippen molar-refractivity contribution in [2.24, 2.45) is 22.2 Å². The smallest absolute Gasteiger partial charge is 0.242 e. The second-order valence-electron chi connectivity index (χ2n) is 11.2. The molecule has 51 heavy (non-hydrogen) atoms. The zero-order valence-corrected chi connectivity index (χ0v) is 33.6. The molecule has 14 nitrogen and oxygen atoms in total. The molecule has 0 bridgehead atoms. The van der Waals surface area contributed by atoms with Crippen molar-refractivity contribution in [1.82, 2.24) is 31.5 Å². The summed E-state index contributed by atoms with van der Waals surface area (Å²) in [6, 6.07) is -1.22. The van der Waals surface area contributed by atoms with Crippen LogP contribution in [-0.4, -0.2) is 98.3 Å². The van der Waals surface area contributed by atoms with Crippen molar-refractivity contribution >= 4 is 47.2 Å². The van der Waals surface area contributed by atoms with Crippen LogP contribution in [0.5, 0.6) is 0 Å². The Bertz CT molecular complexity index is 1090. The van der Waals surface area contributed by atoms with Crippen molar-refractivity contribution in [1.29, 1.82) is 0 Å². The Morgan fingerprint density at radius 2 is 1.51 bits per heavy atom. The molecule has 0 heterocycles. The molecule has 0 spiro atoms. The highest BCUT2D eigenvalue weighted by Gasteiger charge is 2.23. The number of carbonyl (C=O) groups is 4. The standard InChI is InChI=1S/C21H42N8O4.C7H10.C6H12N2S.C2H6/c1-4-14(2)28-16(9-7-11-25-21(23)24)19(32)27-13-18(31)29-17(8-5-6-10-22)20(33)26-12-15(3)30;1-4-6-7(3)5-2;1-6(4-7-2)8(3)5-9;1-2/h14,16-17,28H,4-13,22H2,1-3H3,(H,26,33)(H,27,32)(H,29,31)(H4,23,24,25);4-6H,1-2H2,3H3;4-5,7H,1-3H3;1-2H3/b;7-6-;6-4-;. The summed E-state index contributed by atoms with van der Waals surface area (Å²) in [6.45, 7) is 20.9. The van der Waals surface area contributed by atoms with Crippen LogP contribution in [0, 0.1) is 0 Å². The Hall–Kier alpha value is -4.08. The van der Waals surface area contributed by atoms with E-state index in [0.29, 0.717) is 45.2 Å². The monoisotopic (exact) mass is 739 g/mol. The highest BCUT2D eigenvalue weighted by atomic mass is 32.1. The van der Waals surface area contributed by atoms with Crippen molar-refractivity contribution < 1.29 is 19.2 Å². The number of guanidine groups is 1. The van der Waals surface area contributed by atoms with E-state index >= 15 is 0 Å². The molecular weight excluding hydrogens is 669 g/mol. The van der Waals surface area contributed by atoms with Crippen LogP contribution in [0.1, 0.15) is 87.0 Å². The summed E-state index contributed by atoms with van der Waals surface area (Å²) in [5, 5.41) is 13.9. The zero-order chi connectivity index (χ0) is 40.2. The summed E-state index contributed by atoms with van der Waals surface area (Å²) in [6.07, 6.45) is 11.0. The predicted octanol–water partition coefficient (Wildman–Crippen LogP) is 2.52. The van der Waals surface area contributed by atoms with Crippen LogP contribution in [0.25, 0.3) is 0 Å². The van der Waals surface area contributed by atoms with E-state index in [1.165, 1.54) is 6.92 Å². The SMILES string of the molecule is C=C/C=C(/C)C=C.CC.CCC(C)NC(CCCN=C(N)N)C(=O)NCC(=O)NC(CCCCN)C(=O)NCC(C)=O.CN/C=C(/C)N(C)C=S. The van der Waals surface area contributed by atoms with E-state index < -0.39 is 23.9 Å². The first-order valence-electron chi connectivity index (χ1n) is 17.4. The maximum atomic E-state index is 12.7. The van der Waals surface area contributed by atoms with Gasteiger partial charge in [-0.3, -0.25) is 24.2 Å². The van der Waals surface area contributed by atoms with Gasteiger partial charge < -0.3 is 48.7 Å². The van der Waals surface area contributed by atoms with Gasteiger partial charge in [0, 0.05) is 38.6 Å². The van der Waals surface area contributed by atoms with Gasteiger partial charge in [0.25, 0.3) is 0 Å². The van der Waals surface area contributed by atoms with E-state index in [1.807, 2.05) is 72.8 Å². The van der Waals surface area contributed by atoms with Gasteiger partial charge in [-0.15, -0.1) is 0 Å². The van der Waals surface area contributed by atoms with Gasteiger partial charge in [0.05, 0.1) is 24.6 Å². The first-order valence-corrected chi connectivity index (χ1v) is 17.9. The van der Waals surface area contributed by atoms with Crippen molar-refractivity contribution in [2.75, 3.05) is 40.3 Å². The second-order valence-corrected chi connectivity index (χ2v) is 11.4. The molecule has 0 rings (SSSR count). The molecular formula is C36H70N10O4S. The molecule has 0 aliphatic rings. The minimum Gasteiger partial charge on any atom is -0.393 e. The van der Waals surface area contributed by atoms with Crippen molar-refractivity contribution in [3.8, 4) is 0 Å². The van der Waals surface area contributed by atoms with Crippen LogP contribution >= 0.6 is 12.2 Å². The lowest BCUT2D eigenvalue weighted by molar-refractivity contribution is -0.131. The first-order chi connectivity index (χ1) is 24.1. The third kappa shape index (κ3) is 35.5. The number of amides is 3. The lowest BCUT2D eigenvalue weighted by Crippen LogP contribution is -2.52. The molecule has 0 fully saturated rings. The zero-order valence-electron chi connectivity index (χ0n) is 32.8. The molecule has 3 unspecified atom stereocenters. The Kier molecular flexibility index (Phi) is 39.2. The highest BCUT2D eigenvalue weighted by molar-refractivity contribution is 7.78. The van der Waals surface area contributed by atoms with Crippen LogP contribution < -0.4 is 43.8 Å². The predicted molar refractivity (Wildman–Crippen MR) is 218 cm³/mol. The van der Waals surface area contributed by atoms with Gasteiger partial charge in [-0.1, -0.05) is 69.9 Å². The molecule has 11 N–H and O–H groups in total. The van der Waals surface area contributed by atoms with Crippen LogP contribution in [0.3, 0.4) is 0 Å². The van der Waals surface area contributed by atoms with E-state index in [0.717, 1.165) is 17.7 Å². The number of thiocarbonyl (C=S) groups is 1. The molecule has 0 aliphatic carbocycles. The fourth-order valence-corrected chi connectivity index (χ4v) is 3.70. The number of unbranched alkanes of at least 4 members (excludes halogenated alkanes) is 1. The number of nitrogens with two attached hydrogens (primary N) is 3. The number of rotatable bonds is 23. The maximum Gasteiger partial charge on any atom is 0.242 e. The van der Waals surface area contributed by atoms with E-state index in [9.17, 15) is 19.2 Å². The van der Waals surface area contributed by atoms with Crippen molar-refractivity contribution in [3.05, 3.63) is 48.9 Å². The molecule has 0 aromatic heterocycles. The number of aliphatic imine (C=N–C) groups is 1. The highest BCUT2D eigenvalue weighted by Crippen LogP contribution is 2.03. The van der Waals surface area contributed by atoms with E-state index in [4.69, 9.17) is 29.4 Å². The first kappa shape index (κ1) is 53.7. The van der Waals surface area contributed by atoms with E-state index in [2.05, 4.69) is 44.7 Å². The van der Waals surface area contributed by atoms with Gasteiger partial charge in [-0.25, -0.2) is 0 Å². The summed E-state index contributed by atoms with van der Waals surface area (Å²) in [5.74, 6) is -1.46. The number of carbonyl (C=O) groups excluding carboxylic acids is 4. The normalized spacial score (nSPS) is 12.1. The molecule has 0 saturated heterocycles. The van der Waals surface area contributed by atoms with Crippen LogP contribution in [0.15, 0.2) is 53.8 Å². The van der Waals surface area contributed by atoms with Crippen molar-refractivity contribution in [3.63, 3.8) is 0 Å². The largest absolute Gasteiger partial charge is 0.393 e. The van der Waals surface area contributed by atoms with Gasteiger partial charge in [-0.2, -0.15) is 0 Å². The summed E-state index contributed by atoms with van der Waals surface area (Å²) in [4.78, 5) is 54.3. The molecule has 0 radical (unpaired) electrons. The minimum atomic E-state index is -0.811. The number of allylic oxidation sites excluding steroid dienone is 5. The quantitative estimate of drug-likeness (QED) is 0.0250. The van der Waals surface area contributed by atoms with Gasteiger partial charge in [-0.05, 0) is 72.8 Å². The third-order valence-electron chi connectivity index (χ3n) is 6.66. The van der Waals surface area contributed by atoms with E-state index in [-0.39, 0.29) is 36.8 Å². The molecule has 15 heteroatoms. The second kappa shape index (κ2) is 37.2. The lowest BCUT2D eigenvalue weighted by atomic mass is 10.1. The molecule has 0 aliphatic heterocycles. The number of hydrogen-bond donors (Lipinski definition) is 8. The number of nitrogens with one attached hydrogen (secondary N) is 5. The topological polar surface area (TPSA) is 222 Å². The average Bonchev–Trinajstić information content (AvgIpc) is 3.11. The Balaban J connectivity index is -0.000000499. The van der Waals surface area contributed by atoms with Gasteiger partial charge >= 0.3 is 0 Å². The number of hydrogen-bond acceptors (Lipinski definition) is 9. The number of Topliss-reactive ketones (excluding diaryl/α,β-unsaturated/α-hetero) is 1. The lowest BCUT2D eigenvalue weighted by Gasteiger charge is -2.22. The molecule has 0 aromatic carbocycles. The fourth-order valence-electron chi connectivity index (χ4n) is 3.54. The molecule has 0 saturated carbocycles. The molecule has 3 amide bonds. The Morgan fingerprint density at radius 3 is 1.96 bits per heavy atom. The van der Waals surface area contributed by atoms with E-state index in [1.54, 1.807) is 17.6 Å². The Morgan fingerprint density at radius 1 is 0.941 bits per heavy atom. The third-order valence-corrected chi connectivity index (χ3v) is 6.98. The minimum absolute atomic E-state index is 0.00378. The molecule has 294 valence electrons. The summed E-state index contributed by atoms with van der Waals surface area (Å²) in [7, 11) is 3.77.